The van der Waals surface area contributed by atoms with Crippen molar-refractivity contribution < 1.29 is 32.8 Å². The van der Waals surface area contributed by atoms with E-state index in [1.165, 1.54) is 29.1 Å². The number of benzene rings is 2. The van der Waals surface area contributed by atoms with Gasteiger partial charge >= 0.3 is 5.97 Å². The summed E-state index contributed by atoms with van der Waals surface area (Å²) in [5.41, 5.74) is 3.15. The van der Waals surface area contributed by atoms with Crippen LogP contribution in [0.15, 0.2) is 59.1 Å². The van der Waals surface area contributed by atoms with Crippen LogP contribution >= 0.6 is 27.5 Å². The Morgan fingerprint density at radius 1 is 1.20 bits per heavy atom. The molecule has 12 nitrogen and oxygen atoms in total. The molecule has 2 aromatic carbocycles. The van der Waals surface area contributed by atoms with Crippen molar-refractivity contribution in [1.29, 1.82) is 0 Å². The van der Waals surface area contributed by atoms with Crippen LogP contribution in [0, 0.1) is 17.8 Å². The Morgan fingerprint density at radius 3 is 2.80 bits per heavy atom. The van der Waals surface area contributed by atoms with Gasteiger partial charge in [-0.2, -0.15) is 0 Å². The third-order valence-electron chi connectivity index (χ3n) is 11.5. The lowest BCUT2D eigenvalue weighted by molar-refractivity contribution is -0.152. The average Bonchev–Trinajstić information content (AvgIpc) is 3.47. The van der Waals surface area contributed by atoms with E-state index in [-0.39, 0.29) is 51.9 Å². The van der Waals surface area contributed by atoms with Gasteiger partial charge in [-0.15, -0.1) is 9.46 Å². The summed E-state index contributed by atoms with van der Waals surface area (Å²) in [6, 6.07) is 11.4. The molecule has 15 heteroatoms. The number of amides is 2. The van der Waals surface area contributed by atoms with Crippen molar-refractivity contribution >= 4 is 60.9 Å². The van der Waals surface area contributed by atoms with Gasteiger partial charge in [-0.05, 0) is 104 Å². The van der Waals surface area contributed by atoms with Gasteiger partial charge in [0.2, 0.25) is 5.88 Å². The Balaban J connectivity index is 1.30. The van der Waals surface area contributed by atoms with Gasteiger partial charge in [-0.25, -0.2) is 4.21 Å². The van der Waals surface area contributed by atoms with Gasteiger partial charge in [0.25, 0.3) is 11.8 Å². The van der Waals surface area contributed by atoms with Crippen molar-refractivity contribution in [2.45, 2.75) is 69.8 Å². The number of rotatable bonds is 7. The number of alkyl halides is 1. The van der Waals surface area contributed by atoms with Gasteiger partial charge in [0.05, 0.1) is 25.2 Å². The van der Waals surface area contributed by atoms with Gasteiger partial charge in [-0.1, -0.05) is 46.6 Å². The lowest BCUT2D eigenvalue weighted by Crippen LogP contribution is -2.49. The van der Waals surface area contributed by atoms with E-state index in [2.05, 4.69) is 47.1 Å². The fraction of sp³-hybridized carbons (Fsp3) is 0.512. The molecule has 1 aromatic heterocycles. The number of aromatic nitrogens is 2. The van der Waals surface area contributed by atoms with Crippen LogP contribution in [-0.4, -0.2) is 75.8 Å². The van der Waals surface area contributed by atoms with E-state index in [4.69, 9.17) is 25.8 Å². The molecule has 1 N–H and O–H groups in total. The zero-order valence-corrected chi connectivity index (χ0v) is 35.2. The topological polar surface area (TPSA) is 141 Å². The molecule has 1 spiro atoms. The standard InChI is InChI=1S/C41H49BrClN5O7S/c1-26-7-4-9-35(55-37(49)10-6-18-42)31-14-11-29(31)21-48-24-41(17-5-8-27-19-30(43)13-15-33(27)41)25-54-36-16-12-28(20-34(36)48)38(50)45-56(52,23-26)46-39(51)32-22-47(2)44-40(32)53-3/h4,9,12-13,15-16,19-20,22,26,29,31,35H,5-8,10-11,14,17-18,21,23-25H2,1-3H3,(H,45,46,50,51,52)/b9-4+/t26-,29-,31+,35-,41-,56-/m0/s1. The highest BCUT2D eigenvalue weighted by molar-refractivity contribution is 9.09. The number of nitrogens with zero attached hydrogens (tertiary/aromatic N) is 4. The fourth-order valence-electron chi connectivity index (χ4n) is 8.64. The van der Waals surface area contributed by atoms with Gasteiger partial charge in [0.1, 0.15) is 27.3 Å². The maximum absolute atomic E-state index is 14.7. The first-order valence-corrected chi connectivity index (χ1v) is 22.5. The Morgan fingerprint density at radius 2 is 2.04 bits per heavy atom. The van der Waals surface area contributed by atoms with Crippen molar-refractivity contribution in [1.82, 2.24) is 14.5 Å². The zero-order valence-electron chi connectivity index (χ0n) is 32.0. The number of ether oxygens (including phenoxy) is 3. The monoisotopic (exact) mass is 869 g/mol. The molecule has 56 heavy (non-hydrogen) atoms. The summed E-state index contributed by atoms with van der Waals surface area (Å²) >= 11 is 9.90. The number of carbonyl (C=O) groups excluding carboxylic acids is 3. The van der Waals surface area contributed by atoms with E-state index in [0.717, 1.165) is 37.8 Å². The minimum atomic E-state index is -3.68. The molecule has 3 aromatic rings. The summed E-state index contributed by atoms with van der Waals surface area (Å²) in [6.45, 7) is 3.62. The predicted molar refractivity (Wildman–Crippen MR) is 219 cm³/mol. The minimum absolute atomic E-state index is 0.0573. The first kappa shape index (κ1) is 40.3. The fourth-order valence-corrected chi connectivity index (χ4v) is 11.0. The third-order valence-corrected chi connectivity index (χ3v) is 14.3. The molecular formula is C41H49BrClN5O7S. The Bertz CT molecular complexity index is 2150. The van der Waals surface area contributed by atoms with Crippen LogP contribution in [0.2, 0.25) is 5.02 Å². The maximum Gasteiger partial charge on any atom is 0.306 e. The smallest absolute Gasteiger partial charge is 0.306 e. The molecule has 7 rings (SSSR count). The number of nitrogens with one attached hydrogen (secondary N) is 1. The van der Waals surface area contributed by atoms with Crippen LogP contribution in [-0.2, 0) is 38.3 Å². The van der Waals surface area contributed by atoms with Gasteiger partial charge in [-0.3, -0.25) is 23.8 Å². The van der Waals surface area contributed by atoms with Crippen LogP contribution in [0.5, 0.6) is 11.6 Å². The second-order valence-electron chi connectivity index (χ2n) is 15.7. The predicted octanol–water partition coefficient (Wildman–Crippen LogP) is 7.22. The number of allylic oxidation sites excluding steroid dienone is 1. The number of esters is 1. The van der Waals surface area contributed by atoms with E-state index >= 15 is 0 Å². The molecule has 300 valence electrons. The molecular weight excluding hydrogens is 822 g/mol. The van der Waals surface area contributed by atoms with Crippen LogP contribution in [0.25, 0.3) is 0 Å². The Hall–Kier alpha value is -3.88. The summed E-state index contributed by atoms with van der Waals surface area (Å²) < 4.78 is 41.1. The summed E-state index contributed by atoms with van der Waals surface area (Å²) in [7, 11) is -0.645. The second-order valence-corrected chi connectivity index (χ2v) is 18.9. The van der Waals surface area contributed by atoms with E-state index in [9.17, 15) is 18.6 Å². The van der Waals surface area contributed by atoms with Crippen molar-refractivity contribution in [3.05, 3.63) is 82.0 Å². The quantitative estimate of drug-likeness (QED) is 0.148. The molecule has 2 aliphatic heterocycles. The molecule has 0 radical (unpaired) electrons. The van der Waals surface area contributed by atoms with Crippen molar-refractivity contribution in [3.63, 3.8) is 0 Å². The molecule has 2 amide bonds. The number of aryl methyl sites for hydroxylation is 2. The largest absolute Gasteiger partial charge is 0.490 e. The normalized spacial score (nSPS) is 28.0. The Kier molecular flexibility index (Phi) is 12.2. The first-order valence-electron chi connectivity index (χ1n) is 19.3. The summed E-state index contributed by atoms with van der Waals surface area (Å²) in [6.07, 6.45) is 11.1. The number of hydrogen-bond donors (Lipinski definition) is 1. The minimum Gasteiger partial charge on any atom is -0.490 e. The molecule has 6 atom stereocenters. The van der Waals surface area contributed by atoms with E-state index in [0.29, 0.717) is 55.1 Å². The highest BCUT2D eigenvalue weighted by Gasteiger charge is 2.45. The molecule has 4 aliphatic rings. The first-order chi connectivity index (χ1) is 26.9. The zero-order chi connectivity index (χ0) is 39.6. The molecule has 3 heterocycles. The van der Waals surface area contributed by atoms with Crippen molar-refractivity contribution in [2.75, 3.05) is 42.8 Å². The number of methoxy groups -OCH3 is 1. The average molecular weight is 871 g/mol. The second kappa shape index (κ2) is 16.9. The summed E-state index contributed by atoms with van der Waals surface area (Å²) in [4.78, 5) is 43.1. The summed E-state index contributed by atoms with van der Waals surface area (Å²) in [5.74, 6) is -1.07. The number of hydrogen-bond acceptors (Lipinski definition) is 9. The molecule has 2 bridgehead atoms. The SMILES string of the molecule is COc1nn(C)cc1C(=O)N[S@@]1(=O)=NC(=O)c2ccc3c(c2)N(C[C@@H]2CC[C@H]2[C@@H](OC(=O)CCCBr)/C=C/C[C@H](C)C1)C[C@@]1(CCCc2cc(Cl)ccc21)CO3. The number of halogens is 2. The highest BCUT2D eigenvalue weighted by atomic mass is 79.9. The van der Waals surface area contributed by atoms with Crippen LogP contribution in [0.4, 0.5) is 5.69 Å². The molecule has 0 saturated heterocycles. The molecule has 2 aliphatic carbocycles. The summed E-state index contributed by atoms with van der Waals surface area (Å²) in [5, 5.41) is 5.57. The van der Waals surface area contributed by atoms with Crippen LogP contribution < -0.4 is 19.1 Å². The Labute approximate surface area is 342 Å². The number of carbonyl (C=O) groups is 3. The third kappa shape index (κ3) is 8.67. The molecule has 1 fully saturated rings. The van der Waals surface area contributed by atoms with Crippen molar-refractivity contribution in [2.24, 2.45) is 29.2 Å². The van der Waals surface area contributed by atoms with Crippen LogP contribution in [0.1, 0.15) is 83.7 Å². The van der Waals surface area contributed by atoms with Crippen LogP contribution in [0.3, 0.4) is 0 Å². The van der Waals surface area contributed by atoms with Gasteiger partial charge in [0.15, 0.2) is 0 Å². The van der Waals surface area contributed by atoms with E-state index < -0.39 is 27.8 Å². The highest BCUT2D eigenvalue weighted by Crippen LogP contribution is 2.47. The molecule has 1 saturated carbocycles. The maximum atomic E-state index is 14.7. The van der Waals surface area contributed by atoms with Gasteiger partial charge in [0, 0.05) is 60.0 Å². The lowest BCUT2D eigenvalue weighted by Gasteiger charge is -2.46. The van der Waals surface area contributed by atoms with E-state index in [1.54, 1.807) is 25.2 Å². The number of anilines is 1. The van der Waals surface area contributed by atoms with Crippen molar-refractivity contribution in [3.8, 4) is 11.6 Å². The lowest BCUT2D eigenvalue weighted by atomic mass is 9.68. The molecule has 0 unspecified atom stereocenters. The van der Waals surface area contributed by atoms with E-state index in [1.807, 2.05) is 25.1 Å². The number of fused-ring (bicyclic) bond motifs is 4. The van der Waals surface area contributed by atoms with Gasteiger partial charge < -0.3 is 19.1 Å².